The van der Waals surface area contributed by atoms with Gasteiger partial charge in [-0.2, -0.15) is 0 Å². The van der Waals surface area contributed by atoms with Gasteiger partial charge in [0.15, 0.2) is 12.1 Å². The first-order valence-electron chi connectivity index (χ1n) is 12.2. The molecule has 0 N–H and O–H groups in total. The maximum absolute atomic E-state index is 14.0. The Hall–Kier alpha value is -3.95. The third-order valence-electron chi connectivity index (χ3n) is 6.38. The molecular weight excluding hydrogens is 514 g/mol. The predicted octanol–water partition coefficient (Wildman–Crippen LogP) is 5.40. The lowest BCUT2D eigenvalue weighted by atomic mass is 9.88. The summed E-state index contributed by atoms with van der Waals surface area (Å²) in [5, 5.41) is 0. The van der Waals surface area contributed by atoms with E-state index in [9.17, 15) is 22.6 Å². The summed E-state index contributed by atoms with van der Waals surface area (Å²) in [4.78, 5) is 27.9. The fourth-order valence-corrected chi connectivity index (χ4v) is 4.62. The van der Waals surface area contributed by atoms with Gasteiger partial charge in [-0.25, -0.2) is 8.42 Å². The van der Waals surface area contributed by atoms with Gasteiger partial charge in [0.25, 0.3) is 0 Å². The van der Waals surface area contributed by atoms with Gasteiger partial charge < -0.3 is 9.04 Å². The van der Waals surface area contributed by atoms with E-state index in [0.29, 0.717) is 11.1 Å². The molecule has 0 aliphatic heterocycles. The van der Waals surface area contributed by atoms with Crippen LogP contribution >= 0.6 is 0 Å². The highest BCUT2D eigenvalue weighted by molar-refractivity contribution is 7.80. The molecule has 4 aromatic carbocycles. The van der Waals surface area contributed by atoms with E-state index in [1.54, 1.807) is 0 Å². The van der Waals surface area contributed by atoms with Gasteiger partial charge in [0.2, 0.25) is 22.0 Å². The number of hydrogen-bond donors (Lipinski definition) is 0. The van der Waals surface area contributed by atoms with Crippen molar-refractivity contribution in [3.63, 3.8) is 0 Å². The standard InChI is InChI=1S/C30H28NO2.CH4O4S/c1-31(2,27(23-15-7-3-8-16-23)29(32)25-19-11-5-12-20-25)28(24-17-9-4-10-18-24)30(33)26-21-13-6-14-22-26;1-5-6(2,3)4/h3-22,27-28H,1-2H3;1H3,(H,2,3,4)/q+1;/p-1. The highest BCUT2D eigenvalue weighted by Gasteiger charge is 2.46. The van der Waals surface area contributed by atoms with Gasteiger partial charge in [-0.3, -0.25) is 13.8 Å². The Bertz CT molecular complexity index is 1360. The van der Waals surface area contributed by atoms with Crippen LogP contribution in [-0.4, -0.2) is 50.2 Å². The van der Waals surface area contributed by atoms with E-state index in [1.807, 2.05) is 135 Å². The van der Waals surface area contributed by atoms with E-state index in [-0.39, 0.29) is 16.0 Å². The fraction of sp³-hybridized carbons (Fsp3) is 0.161. The first kappa shape index (κ1) is 29.6. The van der Waals surface area contributed by atoms with Gasteiger partial charge in [-0.15, -0.1) is 0 Å². The molecule has 0 radical (unpaired) electrons. The molecule has 39 heavy (non-hydrogen) atoms. The van der Waals surface area contributed by atoms with E-state index in [0.717, 1.165) is 18.2 Å². The minimum atomic E-state index is -4.41. The maximum Gasteiger partial charge on any atom is 0.224 e. The average Bonchev–Trinajstić information content (AvgIpc) is 2.95. The van der Waals surface area contributed by atoms with Crippen molar-refractivity contribution in [1.29, 1.82) is 0 Å². The van der Waals surface area contributed by atoms with Crippen LogP contribution in [0.1, 0.15) is 43.9 Å². The molecule has 0 aromatic heterocycles. The Balaban J connectivity index is 0.000000631. The summed E-state index contributed by atoms with van der Waals surface area (Å²) < 4.78 is 31.2. The van der Waals surface area contributed by atoms with Crippen LogP contribution in [-0.2, 0) is 14.6 Å². The number of Topliss-reactive ketones (excluding diaryl/α,β-unsaturated/α-hetero) is 2. The number of quaternary nitrogens is 1. The molecular formula is C31H31NO6S. The normalized spacial score (nSPS) is 12.9. The number of likely N-dealkylation sites (N-methyl/N-ethyl adjacent to an activating group) is 1. The van der Waals surface area contributed by atoms with Crippen molar-refractivity contribution in [3.8, 4) is 0 Å². The zero-order chi connectivity index (χ0) is 28.5. The molecule has 2 unspecified atom stereocenters. The van der Waals surface area contributed by atoms with E-state index < -0.39 is 22.5 Å². The Morgan fingerprint density at radius 3 is 1.13 bits per heavy atom. The first-order chi connectivity index (χ1) is 18.6. The third-order valence-corrected chi connectivity index (χ3v) is 6.79. The lowest BCUT2D eigenvalue weighted by molar-refractivity contribution is -0.931. The van der Waals surface area contributed by atoms with Gasteiger partial charge in [-0.05, 0) is 0 Å². The molecule has 0 bridgehead atoms. The average molecular weight is 546 g/mol. The van der Waals surface area contributed by atoms with Crippen LogP contribution in [0.25, 0.3) is 0 Å². The summed E-state index contributed by atoms with van der Waals surface area (Å²) in [7, 11) is 0.362. The zero-order valence-corrected chi connectivity index (χ0v) is 22.8. The van der Waals surface area contributed by atoms with Crippen molar-refractivity contribution in [1.82, 2.24) is 0 Å². The molecule has 0 heterocycles. The molecule has 0 amide bonds. The summed E-state index contributed by atoms with van der Waals surface area (Å²) in [6, 6.07) is 37.1. The lowest BCUT2D eigenvalue weighted by Gasteiger charge is -2.43. The van der Waals surface area contributed by atoms with Crippen molar-refractivity contribution < 1.29 is 31.2 Å². The van der Waals surface area contributed by atoms with Crippen LogP contribution in [0.4, 0.5) is 0 Å². The Kier molecular flexibility index (Phi) is 10.0. The third kappa shape index (κ3) is 7.78. The molecule has 4 rings (SSSR count). The van der Waals surface area contributed by atoms with Crippen LogP contribution < -0.4 is 0 Å². The zero-order valence-electron chi connectivity index (χ0n) is 22.0. The van der Waals surface area contributed by atoms with Crippen molar-refractivity contribution in [3.05, 3.63) is 144 Å². The topological polar surface area (TPSA) is 101 Å². The van der Waals surface area contributed by atoms with Crippen LogP contribution in [0.5, 0.6) is 0 Å². The second kappa shape index (κ2) is 13.2. The number of carbonyl (C=O) groups is 2. The second-order valence-electron chi connectivity index (χ2n) is 9.29. The Labute approximate surface area is 229 Å². The van der Waals surface area contributed by atoms with Gasteiger partial charge in [0, 0.05) is 22.3 Å². The molecule has 2 atom stereocenters. The largest absolute Gasteiger partial charge is 0.726 e. The number of hydrogen-bond acceptors (Lipinski definition) is 6. The number of nitrogens with zero attached hydrogens (tertiary/aromatic N) is 1. The van der Waals surface area contributed by atoms with Gasteiger partial charge in [0.05, 0.1) is 21.2 Å². The monoisotopic (exact) mass is 545 g/mol. The van der Waals surface area contributed by atoms with E-state index in [1.165, 1.54) is 0 Å². The van der Waals surface area contributed by atoms with Gasteiger partial charge in [-0.1, -0.05) is 121 Å². The SMILES string of the molecule is COS(=O)(=O)[O-].C[N+](C)(C(C(=O)c1ccccc1)c1ccccc1)C(C(=O)c1ccccc1)c1ccccc1. The fourth-order valence-electron chi connectivity index (χ4n) is 4.62. The summed E-state index contributed by atoms with van der Waals surface area (Å²) in [5.41, 5.74) is 3.05. The number of carbonyl (C=O) groups excluding carboxylic acids is 2. The smallest absolute Gasteiger partial charge is 0.224 e. The first-order valence-corrected chi connectivity index (χ1v) is 13.5. The number of ketones is 2. The molecule has 0 aliphatic rings. The summed E-state index contributed by atoms with van der Waals surface area (Å²) in [5.74, 6) is -0.0119. The summed E-state index contributed by atoms with van der Waals surface area (Å²) >= 11 is 0. The van der Waals surface area contributed by atoms with Crippen molar-refractivity contribution in [2.75, 3.05) is 21.2 Å². The molecule has 0 saturated heterocycles. The Morgan fingerprint density at radius 1 is 0.615 bits per heavy atom. The van der Waals surface area contributed by atoms with Gasteiger partial charge >= 0.3 is 0 Å². The number of rotatable bonds is 9. The predicted molar refractivity (Wildman–Crippen MR) is 149 cm³/mol. The highest BCUT2D eigenvalue weighted by Crippen LogP contribution is 2.39. The van der Waals surface area contributed by atoms with Crippen LogP contribution in [0.3, 0.4) is 0 Å². The molecule has 0 saturated carbocycles. The molecule has 8 heteroatoms. The van der Waals surface area contributed by atoms with Crippen molar-refractivity contribution in [2.24, 2.45) is 0 Å². The summed E-state index contributed by atoms with van der Waals surface area (Å²) in [6.07, 6.45) is 0. The van der Waals surface area contributed by atoms with E-state index in [2.05, 4.69) is 4.18 Å². The quantitative estimate of drug-likeness (QED) is 0.121. The minimum absolute atomic E-state index is 0.00593. The maximum atomic E-state index is 14.0. The van der Waals surface area contributed by atoms with E-state index in [4.69, 9.17) is 0 Å². The van der Waals surface area contributed by atoms with Crippen LogP contribution in [0, 0.1) is 0 Å². The van der Waals surface area contributed by atoms with Gasteiger partial charge in [0.1, 0.15) is 0 Å². The molecule has 0 spiro atoms. The van der Waals surface area contributed by atoms with E-state index >= 15 is 0 Å². The number of benzene rings is 4. The molecule has 7 nitrogen and oxygen atoms in total. The molecule has 0 aliphatic carbocycles. The van der Waals surface area contributed by atoms with Crippen molar-refractivity contribution in [2.45, 2.75) is 12.1 Å². The van der Waals surface area contributed by atoms with Crippen LogP contribution in [0.15, 0.2) is 121 Å². The van der Waals surface area contributed by atoms with Crippen LogP contribution in [0.2, 0.25) is 0 Å². The molecule has 4 aromatic rings. The summed E-state index contributed by atoms with van der Waals surface area (Å²) in [6.45, 7) is 0. The molecule has 0 fully saturated rings. The minimum Gasteiger partial charge on any atom is -0.726 e. The molecule has 202 valence electrons. The second-order valence-corrected chi connectivity index (χ2v) is 10.4. The lowest BCUT2D eigenvalue weighted by Crippen LogP contribution is -2.52. The Morgan fingerprint density at radius 2 is 0.872 bits per heavy atom. The van der Waals surface area contributed by atoms with Crippen molar-refractivity contribution >= 4 is 22.0 Å². The highest BCUT2D eigenvalue weighted by atomic mass is 32.3.